The van der Waals surface area contributed by atoms with E-state index in [4.69, 9.17) is 27.9 Å². The summed E-state index contributed by atoms with van der Waals surface area (Å²) in [4.78, 5) is 11.0. The summed E-state index contributed by atoms with van der Waals surface area (Å²) in [7, 11) is 1.31. The molecule has 2 rings (SSSR count). The van der Waals surface area contributed by atoms with E-state index in [9.17, 15) is 4.79 Å². The SMILES string of the molecule is COC(=O)COc1ccc(/C(N)=C/N(N)Cc2ccc(Cl)cc2)cc1. The van der Waals surface area contributed by atoms with Crippen LogP contribution in [0, 0.1) is 0 Å². The van der Waals surface area contributed by atoms with Gasteiger partial charge >= 0.3 is 5.97 Å². The van der Waals surface area contributed by atoms with Gasteiger partial charge in [0.1, 0.15) is 5.75 Å². The van der Waals surface area contributed by atoms with Crippen molar-refractivity contribution in [1.82, 2.24) is 5.01 Å². The lowest BCUT2D eigenvalue weighted by molar-refractivity contribution is -0.142. The number of ether oxygens (including phenoxy) is 2. The summed E-state index contributed by atoms with van der Waals surface area (Å²) in [6, 6.07) is 14.4. The van der Waals surface area contributed by atoms with Crippen LogP contribution < -0.4 is 16.3 Å². The molecule has 0 fully saturated rings. The van der Waals surface area contributed by atoms with Crippen molar-refractivity contribution in [3.8, 4) is 5.75 Å². The predicted octanol–water partition coefficient (Wildman–Crippen LogP) is 2.52. The number of hydrogen-bond acceptors (Lipinski definition) is 6. The fourth-order valence-electron chi connectivity index (χ4n) is 2.04. The molecule has 0 saturated heterocycles. The molecule has 4 N–H and O–H groups in total. The Labute approximate surface area is 151 Å². The Balaban J connectivity index is 1.96. The molecule has 132 valence electrons. The molecular weight excluding hydrogens is 342 g/mol. The smallest absolute Gasteiger partial charge is 0.343 e. The lowest BCUT2D eigenvalue weighted by Crippen LogP contribution is -2.25. The molecular formula is C18H20ClN3O3. The summed E-state index contributed by atoms with van der Waals surface area (Å²) < 4.78 is 9.80. The highest BCUT2D eigenvalue weighted by Gasteiger charge is 2.04. The van der Waals surface area contributed by atoms with Crippen molar-refractivity contribution in [1.29, 1.82) is 0 Å². The quantitative estimate of drug-likeness (QED) is 0.447. The molecule has 7 heteroatoms. The molecule has 0 aliphatic carbocycles. The van der Waals surface area contributed by atoms with Crippen molar-refractivity contribution in [3.63, 3.8) is 0 Å². The molecule has 0 aliphatic rings. The summed E-state index contributed by atoms with van der Waals surface area (Å²) in [5.41, 5.74) is 8.39. The van der Waals surface area contributed by atoms with Gasteiger partial charge < -0.3 is 20.2 Å². The van der Waals surface area contributed by atoms with Gasteiger partial charge in [-0.2, -0.15) is 0 Å². The Morgan fingerprint density at radius 1 is 1.16 bits per heavy atom. The summed E-state index contributed by atoms with van der Waals surface area (Å²) in [5, 5.41) is 2.18. The molecule has 0 radical (unpaired) electrons. The highest BCUT2D eigenvalue weighted by molar-refractivity contribution is 6.30. The van der Waals surface area contributed by atoms with Crippen molar-refractivity contribution >= 4 is 23.3 Å². The van der Waals surface area contributed by atoms with Crippen LogP contribution >= 0.6 is 11.6 Å². The van der Waals surface area contributed by atoms with E-state index in [1.165, 1.54) is 12.1 Å². The summed E-state index contributed by atoms with van der Waals surface area (Å²) >= 11 is 5.86. The van der Waals surface area contributed by atoms with E-state index >= 15 is 0 Å². The van der Waals surface area contributed by atoms with E-state index in [1.807, 2.05) is 24.3 Å². The second-order valence-electron chi connectivity index (χ2n) is 5.27. The number of benzene rings is 2. The van der Waals surface area contributed by atoms with Crippen molar-refractivity contribution in [2.45, 2.75) is 6.54 Å². The van der Waals surface area contributed by atoms with Crippen LogP contribution in [0.1, 0.15) is 11.1 Å². The topological polar surface area (TPSA) is 90.8 Å². The Morgan fingerprint density at radius 3 is 2.40 bits per heavy atom. The third kappa shape index (κ3) is 6.02. The Morgan fingerprint density at radius 2 is 1.80 bits per heavy atom. The highest BCUT2D eigenvalue weighted by atomic mass is 35.5. The van der Waals surface area contributed by atoms with Gasteiger partial charge in [0.2, 0.25) is 0 Å². The fraction of sp³-hybridized carbons (Fsp3) is 0.167. The third-order valence-electron chi connectivity index (χ3n) is 3.36. The molecule has 2 aromatic rings. The number of methoxy groups -OCH3 is 1. The number of hydrazine groups is 1. The van der Waals surface area contributed by atoms with Crippen molar-refractivity contribution in [2.75, 3.05) is 13.7 Å². The van der Waals surface area contributed by atoms with Gasteiger partial charge in [0.15, 0.2) is 6.61 Å². The van der Waals surface area contributed by atoms with E-state index in [0.29, 0.717) is 23.0 Å². The van der Waals surface area contributed by atoms with Gasteiger partial charge in [-0.15, -0.1) is 0 Å². The lowest BCUT2D eigenvalue weighted by Gasteiger charge is -2.15. The Bertz CT molecular complexity index is 730. The number of nitrogens with two attached hydrogens (primary N) is 2. The largest absolute Gasteiger partial charge is 0.482 e. The van der Waals surface area contributed by atoms with Crippen LogP contribution in [-0.4, -0.2) is 24.7 Å². The van der Waals surface area contributed by atoms with Crippen molar-refractivity contribution in [3.05, 3.63) is 70.9 Å². The van der Waals surface area contributed by atoms with Crippen LogP contribution in [0.5, 0.6) is 5.75 Å². The van der Waals surface area contributed by atoms with Crippen LogP contribution in [0.2, 0.25) is 5.02 Å². The van der Waals surface area contributed by atoms with E-state index in [0.717, 1.165) is 11.1 Å². The fourth-order valence-corrected chi connectivity index (χ4v) is 2.17. The lowest BCUT2D eigenvalue weighted by atomic mass is 10.1. The molecule has 2 aromatic carbocycles. The molecule has 0 saturated carbocycles. The second-order valence-corrected chi connectivity index (χ2v) is 5.71. The van der Waals surface area contributed by atoms with Crippen molar-refractivity contribution < 1.29 is 14.3 Å². The minimum atomic E-state index is -0.440. The van der Waals surface area contributed by atoms with Gasteiger partial charge in [-0.1, -0.05) is 23.7 Å². The number of hydrogen-bond donors (Lipinski definition) is 2. The number of nitrogens with zero attached hydrogens (tertiary/aromatic N) is 1. The summed E-state index contributed by atoms with van der Waals surface area (Å²) in [6.07, 6.45) is 1.65. The van der Waals surface area contributed by atoms with Gasteiger partial charge in [0.05, 0.1) is 19.4 Å². The average molecular weight is 362 g/mol. The van der Waals surface area contributed by atoms with Crippen LogP contribution in [0.15, 0.2) is 54.7 Å². The number of rotatable bonds is 7. The molecule has 25 heavy (non-hydrogen) atoms. The first-order chi connectivity index (χ1) is 12.0. The molecule has 0 bridgehead atoms. The Kier molecular flexibility index (Phi) is 6.68. The maximum absolute atomic E-state index is 11.0. The van der Waals surface area contributed by atoms with Gasteiger partial charge in [-0.05, 0) is 47.5 Å². The van der Waals surface area contributed by atoms with E-state index in [1.54, 1.807) is 30.5 Å². The van der Waals surface area contributed by atoms with Gasteiger partial charge in [0.25, 0.3) is 0 Å². The first-order valence-corrected chi connectivity index (χ1v) is 7.89. The standard InChI is InChI=1S/C18H20ClN3O3/c1-24-18(23)12-25-16-8-4-14(5-9-16)17(20)11-22(21)10-13-2-6-15(19)7-3-13/h2-9,11H,10,12,20-21H2,1H3/b17-11-. The first kappa shape index (κ1) is 18.6. The molecule has 0 unspecified atom stereocenters. The zero-order chi connectivity index (χ0) is 18.2. The van der Waals surface area contributed by atoms with E-state index in [-0.39, 0.29) is 6.61 Å². The number of esters is 1. The summed E-state index contributed by atoms with van der Waals surface area (Å²) in [6.45, 7) is 0.358. The van der Waals surface area contributed by atoms with Crippen LogP contribution in [0.3, 0.4) is 0 Å². The number of carbonyl (C=O) groups is 1. The maximum Gasteiger partial charge on any atom is 0.343 e. The monoisotopic (exact) mass is 361 g/mol. The predicted molar refractivity (Wildman–Crippen MR) is 97.3 cm³/mol. The second kappa shape index (κ2) is 8.96. The van der Waals surface area contributed by atoms with Gasteiger partial charge in [-0.3, -0.25) is 0 Å². The van der Waals surface area contributed by atoms with Crippen LogP contribution in [-0.2, 0) is 16.1 Å². The normalized spacial score (nSPS) is 11.1. The van der Waals surface area contributed by atoms with Crippen LogP contribution in [0.4, 0.5) is 0 Å². The van der Waals surface area contributed by atoms with Gasteiger partial charge in [-0.25, -0.2) is 10.6 Å². The zero-order valence-electron chi connectivity index (χ0n) is 13.8. The van der Waals surface area contributed by atoms with Gasteiger partial charge in [0, 0.05) is 11.2 Å². The molecule has 0 aromatic heterocycles. The van der Waals surface area contributed by atoms with Crippen molar-refractivity contribution in [2.24, 2.45) is 11.6 Å². The average Bonchev–Trinajstić information content (AvgIpc) is 2.62. The molecule has 0 heterocycles. The minimum Gasteiger partial charge on any atom is -0.482 e. The molecule has 0 amide bonds. The number of carbonyl (C=O) groups excluding carboxylic acids is 1. The molecule has 6 nitrogen and oxygen atoms in total. The van der Waals surface area contributed by atoms with E-state index in [2.05, 4.69) is 4.74 Å². The van der Waals surface area contributed by atoms with E-state index < -0.39 is 5.97 Å². The minimum absolute atomic E-state index is 0.140. The zero-order valence-corrected chi connectivity index (χ0v) is 14.6. The number of halogens is 1. The molecule has 0 spiro atoms. The first-order valence-electron chi connectivity index (χ1n) is 7.51. The molecule has 0 atom stereocenters. The summed E-state index contributed by atoms with van der Waals surface area (Å²) in [5.74, 6) is 6.08. The highest BCUT2D eigenvalue weighted by Crippen LogP contribution is 2.17. The molecule has 0 aliphatic heterocycles. The maximum atomic E-state index is 11.0. The Hall–Kier alpha value is -2.70. The third-order valence-corrected chi connectivity index (χ3v) is 3.61. The van der Waals surface area contributed by atoms with Crippen LogP contribution in [0.25, 0.3) is 5.70 Å².